The summed E-state index contributed by atoms with van der Waals surface area (Å²) in [6, 6.07) is 15.7. The smallest absolute Gasteiger partial charge is 0.332 e. The molecule has 2 aromatic rings. The number of rotatable bonds is 5. The van der Waals surface area contributed by atoms with Crippen LogP contribution in [-0.4, -0.2) is 62.7 Å². The van der Waals surface area contributed by atoms with Crippen LogP contribution in [-0.2, 0) is 4.79 Å². The molecule has 158 valence electrons. The average Bonchev–Trinajstić information content (AvgIpc) is 3.08. The molecule has 0 aliphatic carbocycles. The van der Waals surface area contributed by atoms with Gasteiger partial charge < -0.3 is 19.4 Å². The van der Waals surface area contributed by atoms with Gasteiger partial charge in [0.05, 0.1) is 12.8 Å². The number of ether oxygens (including phenoxy) is 1. The Morgan fingerprint density at radius 2 is 1.23 bits per heavy atom. The molecule has 4 rings (SSSR count). The molecule has 0 N–H and O–H groups in total. The summed E-state index contributed by atoms with van der Waals surface area (Å²) in [5, 5.41) is 0. The molecule has 0 spiro atoms. The van der Waals surface area contributed by atoms with Crippen LogP contribution in [0.1, 0.15) is 13.8 Å². The van der Waals surface area contributed by atoms with Crippen molar-refractivity contribution in [2.24, 2.45) is 0 Å². The van der Waals surface area contributed by atoms with E-state index in [1.54, 1.807) is 12.0 Å². The fraction of sp³-hybridized carbons (Fsp3) is 0.391. The molecule has 0 atom stereocenters. The van der Waals surface area contributed by atoms with Crippen molar-refractivity contribution in [3.63, 3.8) is 0 Å². The van der Waals surface area contributed by atoms with Crippen molar-refractivity contribution in [2.75, 3.05) is 54.5 Å². The third-order valence-electron chi connectivity index (χ3n) is 5.81. The molecule has 30 heavy (non-hydrogen) atoms. The number of piperazine rings is 1. The third-order valence-corrected chi connectivity index (χ3v) is 5.81. The highest BCUT2D eigenvalue weighted by Gasteiger charge is 2.38. The Bertz CT molecular complexity index is 903. The number of hydrogen-bond acceptors (Lipinski definition) is 5. The summed E-state index contributed by atoms with van der Waals surface area (Å²) < 4.78 is 5.23. The van der Waals surface area contributed by atoms with Crippen LogP contribution in [0.5, 0.6) is 5.75 Å². The Hall–Kier alpha value is -3.22. The number of nitrogens with zero attached hydrogens (tertiary/aromatic N) is 4. The average molecular weight is 409 g/mol. The number of amides is 3. The van der Waals surface area contributed by atoms with Crippen molar-refractivity contribution < 1.29 is 14.3 Å². The second-order valence-electron chi connectivity index (χ2n) is 7.92. The zero-order valence-electron chi connectivity index (χ0n) is 17.7. The Morgan fingerprint density at radius 3 is 1.67 bits per heavy atom. The summed E-state index contributed by atoms with van der Waals surface area (Å²) in [6.07, 6.45) is 0. The Labute approximate surface area is 177 Å². The van der Waals surface area contributed by atoms with Crippen LogP contribution >= 0.6 is 0 Å². The van der Waals surface area contributed by atoms with E-state index in [-0.39, 0.29) is 24.5 Å². The second-order valence-corrected chi connectivity index (χ2v) is 7.92. The maximum Gasteiger partial charge on any atom is 0.332 e. The fourth-order valence-electron chi connectivity index (χ4n) is 4.01. The van der Waals surface area contributed by atoms with Gasteiger partial charge in [-0.2, -0.15) is 0 Å². The van der Waals surface area contributed by atoms with Gasteiger partial charge in [-0.15, -0.1) is 0 Å². The molecule has 0 saturated carbocycles. The molecule has 3 amide bonds. The highest BCUT2D eigenvalue weighted by molar-refractivity contribution is 6.19. The maximum atomic E-state index is 12.6. The minimum atomic E-state index is -0.240. The molecule has 0 bridgehead atoms. The van der Waals surface area contributed by atoms with Crippen LogP contribution in [0, 0.1) is 0 Å². The lowest BCUT2D eigenvalue weighted by molar-refractivity contribution is -0.116. The number of urea groups is 1. The van der Waals surface area contributed by atoms with E-state index in [9.17, 15) is 9.59 Å². The lowest BCUT2D eigenvalue weighted by atomic mass is 10.2. The molecular weight excluding hydrogens is 380 g/mol. The lowest BCUT2D eigenvalue weighted by Gasteiger charge is -2.37. The van der Waals surface area contributed by atoms with E-state index in [4.69, 9.17) is 4.74 Å². The summed E-state index contributed by atoms with van der Waals surface area (Å²) in [5.41, 5.74) is 2.94. The van der Waals surface area contributed by atoms with Crippen LogP contribution in [0.15, 0.2) is 48.5 Å². The molecule has 2 aliphatic heterocycles. The summed E-state index contributed by atoms with van der Waals surface area (Å²) in [7, 11) is 1.68. The molecule has 2 fully saturated rings. The van der Waals surface area contributed by atoms with E-state index in [2.05, 4.69) is 21.9 Å². The van der Waals surface area contributed by atoms with Crippen molar-refractivity contribution >= 4 is 29.0 Å². The van der Waals surface area contributed by atoms with Crippen molar-refractivity contribution in [3.8, 4) is 5.75 Å². The first kappa shape index (κ1) is 20.1. The Morgan fingerprint density at radius 1 is 0.767 bits per heavy atom. The van der Waals surface area contributed by atoms with Crippen LogP contribution in [0.25, 0.3) is 0 Å². The zero-order chi connectivity index (χ0) is 21.3. The number of carbonyl (C=O) groups excluding carboxylic acids is 2. The van der Waals surface area contributed by atoms with Gasteiger partial charge in [0.15, 0.2) is 0 Å². The van der Waals surface area contributed by atoms with Crippen LogP contribution in [0.2, 0.25) is 0 Å². The number of hydrogen-bond donors (Lipinski definition) is 0. The largest absolute Gasteiger partial charge is 0.497 e. The third kappa shape index (κ3) is 3.79. The summed E-state index contributed by atoms with van der Waals surface area (Å²) in [4.78, 5) is 32.5. The standard InChI is InChI=1S/C23H28N4O3/c1-17(2)26-16-22(28)27(23(26)29)20-6-4-18(5-7-20)24-12-14-25(15-13-24)19-8-10-21(30-3)11-9-19/h4-11,17H,12-16H2,1-3H3. The van der Waals surface area contributed by atoms with E-state index in [1.165, 1.54) is 10.6 Å². The van der Waals surface area contributed by atoms with Gasteiger partial charge in [-0.25, -0.2) is 9.69 Å². The van der Waals surface area contributed by atoms with E-state index >= 15 is 0 Å². The number of benzene rings is 2. The van der Waals surface area contributed by atoms with Gasteiger partial charge in [0.25, 0.3) is 5.91 Å². The van der Waals surface area contributed by atoms with Gasteiger partial charge in [0.1, 0.15) is 12.3 Å². The summed E-state index contributed by atoms with van der Waals surface area (Å²) in [6.45, 7) is 7.67. The van der Waals surface area contributed by atoms with E-state index < -0.39 is 0 Å². The minimum Gasteiger partial charge on any atom is -0.497 e. The topological polar surface area (TPSA) is 56.3 Å². The SMILES string of the molecule is COc1ccc(N2CCN(c3ccc(N4C(=O)CN(C(C)C)C4=O)cc3)CC2)cc1. The molecule has 7 heteroatoms. The van der Waals surface area contributed by atoms with Gasteiger partial charge in [-0.05, 0) is 62.4 Å². The van der Waals surface area contributed by atoms with Crippen molar-refractivity contribution in [3.05, 3.63) is 48.5 Å². The Balaban J connectivity index is 1.39. The van der Waals surface area contributed by atoms with Crippen LogP contribution < -0.4 is 19.4 Å². The van der Waals surface area contributed by atoms with Crippen molar-refractivity contribution in [2.45, 2.75) is 19.9 Å². The fourth-order valence-corrected chi connectivity index (χ4v) is 4.01. The number of imide groups is 1. The van der Waals surface area contributed by atoms with Crippen molar-refractivity contribution in [1.29, 1.82) is 0 Å². The maximum absolute atomic E-state index is 12.6. The van der Waals surface area contributed by atoms with Gasteiger partial charge in [0, 0.05) is 43.6 Å². The van der Waals surface area contributed by atoms with Gasteiger partial charge >= 0.3 is 6.03 Å². The molecule has 2 aromatic carbocycles. The van der Waals surface area contributed by atoms with Gasteiger partial charge in [-0.1, -0.05) is 0 Å². The van der Waals surface area contributed by atoms with E-state index in [0.29, 0.717) is 5.69 Å². The molecule has 0 aromatic heterocycles. The van der Waals surface area contributed by atoms with Gasteiger partial charge in [0.2, 0.25) is 0 Å². The lowest BCUT2D eigenvalue weighted by Crippen LogP contribution is -2.46. The zero-order valence-corrected chi connectivity index (χ0v) is 17.7. The van der Waals surface area contributed by atoms with Crippen LogP contribution in [0.3, 0.4) is 0 Å². The highest BCUT2D eigenvalue weighted by Crippen LogP contribution is 2.27. The predicted molar refractivity (Wildman–Crippen MR) is 119 cm³/mol. The summed E-state index contributed by atoms with van der Waals surface area (Å²) in [5.74, 6) is 0.693. The number of methoxy groups -OCH3 is 1. The summed E-state index contributed by atoms with van der Waals surface area (Å²) >= 11 is 0. The van der Waals surface area contributed by atoms with E-state index in [1.807, 2.05) is 50.2 Å². The first-order chi connectivity index (χ1) is 14.5. The molecule has 2 aliphatic rings. The minimum absolute atomic E-state index is 0.00715. The highest BCUT2D eigenvalue weighted by atomic mass is 16.5. The number of anilines is 3. The normalized spacial score (nSPS) is 17.3. The molecule has 2 heterocycles. The first-order valence-corrected chi connectivity index (χ1v) is 10.4. The Kier molecular flexibility index (Phi) is 5.53. The van der Waals surface area contributed by atoms with Crippen molar-refractivity contribution in [1.82, 2.24) is 4.90 Å². The molecule has 2 saturated heterocycles. The number of carbonyl (C=O) groups is 2. The monoisotopic (exact) mass is 408 g/mol. The van der Waals surface area contributed by atoms with Gasteiger partial charge in [-0.3, -0.25) is 4.79 Å². The molecule has 7 nitrogen and oxygen atoms in total. The van der Waals surface area contributed by atoms with E-state index in [0.717, 1.165) is 37.6 Å². The molecule has 0 unspecified atom stereocenters. The predicted octanol–water partition coefficient (Wildman–Crippen LogP) is 3.20. The second kappa shape index (κ2) is 8.26. The quantitative estimate of drug-likeness (QED) is 0.711. The molecule has 0 radical (unpaired) electrons. The van der Waals surface area contributed by atoms with Crippen LogP contribution in [0.4, 0.5) is 21.9 Å². The first-order valence-electron chi connectivity index (χ1n) is 10.4. The molecular formula is C23H28N4O3.